The lowest BCUT2D eigenvalue weighted by Crippen LogP contribution is -2.38. The van der Waals surface area contributed by atoms with Gasteiger partial charge in [0.25, 0.3) is 5.91 Å². The molecule has 1 N–H and O–H groups in total. The van der Waals surface area contributed by atoms with Crippen LogP contribution in [-0.4, -0.2) is 42.8 Å². The van der Waals surface area contributed by atoms with Gasteiger partial charge in [-0.25, -0.2) is 8.42 Å². The lowest BCUT2D eigenvalue weighted by Gasteiger charge is -2.29. The van der Waals surface area contributed by atoms with Crippen LogP contribution in [0.5, 0.6) is 0 Å². The summed E-state index contributed by atoms with van der Waals surface area (Å²) < 4.78 is 29.4. The molecule has 6 nitrogen and oxygen atoms in total. The molecule has 3 rings (SSSR count). The van der Waals surface area contributed by atoms with Crippen molar-refractivity contribution in [3.63, 3.8) is 0 Å². The molecule has 1 aliphatic rings. The van der Waals surface area contributed by atoms with E-state index in [1.54, 1.807) is 18.5 Å². The Balaban J connectivity index is 1.70. The van der Waals surface area contributed by atoms with Crippen LogP contribution in [-0.2, 0) is 23.5 Å². The van der Waals surface area contributed by atoms with Crippen LogP contribution in [0.2, 0.25) is 5.02 Å². The summed E-state index contributed by atoms with van der Waals surface area (Å²) in [7, 11) is -1.88. The Kier molecular flexibility index (Phi) is 6.71. The highest BCUT2D eigenvalue weighted by atomic mass is 35.5. The van der Waals surface area contributed by atoms with Crippen molar-refractivity contribution in [1.82, 2.24) is 14.2 Å². The van der Waals surface area contributed by atoms with E-state index in [2.05, 4.69) is 12.2 Å². The van der Waals surface area contributed by atoms with Crippen LogP contribution in [0.25, 0.3) is 0 Å². The summed E-state index contributed by atoms with van der Waals surface area (Å²) in [6.45, 7) is 5.39. The van der Waals surface area contributed by atoms with Crippen molar-refractivity contribution in [2.24, 2.45) is 13.0 Å². The number of carbonyl (C=O) groups excluding carboxylic acids is 1. The van der Waals surface area contributed by atoms with Gasteiger partial charge in [0.2, 0.25) is 10.0 Å². The van der Waals surface area contributed by atoms with Crippen molar-refractivity contribution in [2.75, 3.05) is 19.6 Å². The van der Waals surface area contributed by atoms with Gasteiger partial charge in [-0.3, -0.25) is 4.79 Å². The molecule has 0 unspecified atom stereocenters. The Morgan fingerprint density at radius 2 is 1.83 bits per heavy atom. The number of sulfonamides is 1. The van der Waals surface area contributed by atoms with Crippen molar-refractivity contribution in [1.29, 1.82) is 0 Å². The molecule has 0 saturated carbocycles. The van der Waals surface area contributed by atoms with Gasteiger partial charge < -0.3 is 9.88 Å². The standard InChI is InChI=1S/C21H28ClN3O3S/c1-15-9-12-25(13-10-15)29(27,28)20-14-19(24(3)16(20)2)21(26)23-11-8-17-4-6-18(22)7-5-17/h4-7,14-15H,8-13H2,1-3H3,(H,23,26). The van der Waals surface area contributed by atoms with Gasteiger partial charge in [0.15, 0.2) is 0 Å². The van der Waals surface area contributed by atoms with Gasteiger partial charge in [0.05, 0.1) is 0 Å². The third-order valence-corrected chi connectivity index (χ3v) is 7.96. The topological polar surface area (TPSA) is 71.4 Å². The fourth-order valence-corrected chi connectivity index (χ4v) is 5.44. The van der Waals surface area contributed by atoms with Crippen molar-refractivity contribution >= 4 is 27.5 Å². The second-order valence-electron chi connectivity index (χ2n) is 7.76. The molecular formula is C21H28ClN3O3S. The van der Waals surface area contributed by atoms with Crippen LogP contribution >= 0.6 is 11.6 Å². The van der Waals surface area contributed by atoms with Gasteiger partial charge in [-0.15, -0.1) is 0 Å². The molecule has 2 heterocycles. The second-order valence-corrected chi connectivity index (χ2v) is 10.1. The molecule has 0 spiro atoms. The summed E-state index contributed by atoms with van der Waals surface area (Å²) in [5.74, 6) is 0.263. The first-order valence-electron chi connectivity index (χ1n) is 9.89. The molecule has 1 amide bonds. The average molecular weight is 438 g/mol. The molecule has 1 aromatic heterocycles. The minimum Gasteiger partial charge on any atom is -0.350 e. The molecule has 0 radical (unpaired) electrons. The van der Waals surface area contributed by atoms with Gasteiger partial charge in [-0.1, -0.05) is 30.7 Å². The summed E-state index contributed by atoms with van der Waals surface area (Å²) in [5, 5.41) is 3.55. The van der Waals surface area contributed by atoms with E-state index < -0.39 is 10.0 Å². The maximum atomic E-state index is 13.1. The number of hydrogen-bond donors (Lipinski definition) is 1. The minimum absolute atomic E-state index is 0.220. The predicted molar refractivity (Wildman–Crippen MR) is 115 cm³/mol. The van der Waals surface area contributed by atoms with Gasteiger partial charge >= 0.3 is 0 Å². The van der Waals surface area contributed by atoms with E-state index in [1.165, 1.54) is 10.4 Å². The van der Waals surface area contributed by atoms with Crippen molar-refractivity contribution in [3.8, 4) is 0 Å². The Bertz CT molecular complexity index is 975. The minimum atomic E-state index is -3.60. The summed E-state index contributed by atoms with van der Waals surface area (Å²) in [4.78, 5) is 12.9. The highest BCUT2D eigenvalue weighted by Gasteiger charge is 2.32. The number of nitrogens with zero attached hydrogens (tertiary/aromatic N) is 2. The highest BCUT2D eigenvalue weighted by molar-refractivity contribution is 7.89. The molecule has 1 saturated heterocycles. The number of piperidine rings is 1. The van der Waals surface area contributed by atoms with Gasteiger partial charge in [-0.2, -0.15) is 4.31 Å². The Morgan fingerprint density at radius 1 is 1.21 bits per heavy atom. The fraction of sp³-hybridized carbons (Fsp3) is 0.476. The van der Waals surface area contributed by atoms with Crippen LogP contribution in [0.1, 0.15) is 41.5 Å². The first kappa shape index (κ1) is 21.9. The number of hydrogen-bond acceptors (Lipinski definition) is 3. The van der Waals surface area contributed by atoms with E-state index in [0.717, 1.165) is 18.4 Å². The van der Waals surface area contributed by atoms with Crippen molar-refractivity contribution < 1.29 is 13.2 Å². The van der Waals surface area contributed by atoms with Gasteiger partial charge in [0.1, 0.15) is 10.6 Å². The molecule has 2 aromatic rings. The van der Waals surface area contributed by atoms with Gasteiger partial charge in [0, 0.05) is 37.4 Å². The zero-order chi connectivity index (χ0) is 21.2. The van der Waals surface area contributed by atoms with Crippen molar-refractivity contribution in [3.05, 3.63) is 52.3 Å². The molecule has 8 heteroatoms. The number of nitrogens with one attached hydrogen (secondary N) is 1. The zero-order valence-electron chi connectivity index (χ0n) is 17.1. The SMILES string of the molecule is Cc1c(S(=O)(=O)N2CCC(C)CC2)cc(C(=O)NCCc2ccc(Cl)cc2)n1C. The maximum absolute atomic E-state index is 13.1. The second kappa shape index (κ2) is 8.90. The lowest BCUT2D eigenvalue weighted by molar-refractivity contribution is 0.0946. The predicted octanol–water partition coefficient (Wildman–Crippen LogP) is 3.38. The fourth-order valence-electron chi connectivity index (χ4n) is 3.58. The molecule has 29 heavy (non-hydrogen) atoms. The molecule has 1 fully saturated rings. The monoisotopic (exact) mass is 437 g/mol. The van der Waals surface area contributed by atoms with Crippen LogP contribution in [0.4, 0.5) is 0 Å². The molecule has 0 atom stereocenters. The normalized spacial score (nSPS) is 16.1. The summed E-state index contributed by atoms with van der Waals surface area (Å²) >= 11 is 5.89. The number of rotatable bonds is 6. The van der Waals surface area contributed by atoms with E-state index in [9.17, 15) is 13.2 Å². The van der Waals surface area contributed by atoms with Gasteiger partial charge in [-0.05, 0) is 55.9 Å². The zero-order valence-corrected chi connectivity index (χ0v) is 18.7. The summed E-state index contributed by atoms with van der Waals surface area (Å²) in [6, 6.07) is 8.98. The highest BCUT2D eigenvalue weighted by Crippen LogP contribution is 2.27. The first-order valence-corrected chi connectivity index (χ1v) is 11.7. The van der Waals surface area contributed by atoms with E-state index in [1.807, 2.05) is 24.3 Å². The Hall–Kier alpha value is -1.83. The maximum Gasteiger partial charge on any atom is 0.267 e. The molecule has 0 aliphatic carbocycles. The number of carbonyl (C=O) groups is 1. The van der Waals surface area contributed by atoms with Crippen LogP contribution < -0.4 is 5.32 Å². The van der Waals surface area contributed by atoms with Crippen LogP contribution in [0.3, 0.4) is 0 Å². The molecule has 1 aromatic carbocycles. The number of halogens is 1. The largest absolute Gasteiger partial charge is 0.350 e. The summed E-state index contributed by atoms with van der Waals surface area (Å²) in [6.07, 6.45) is 2.40. The number of benzene rings is 1. The van der Waals surface area contributed by atoms with E-state index in [0.29, 0.717) is 48.4 Å². The molecule has 1 aliphatic heterocycles. The Morgan fingerprint density at radius 3 is 2.45 bits per heavy atom. The molecular weight excluding hydrogens is 410 g/mol. The smallest absolute Gasteiger partial charge is 0.267 e. The Labute approximate surface area is 177 Å². The van der Waals surface area contributed by atoms with E-state index in [-0.39, 0.29) is 10.8 Å². The summed E-state index contributed by atoms with van der Waals surface area (Å²) in [5.41, 5.74) is 1.99. The third kappa shape index (κ3) is 4.85. The van der Waals surface area contributed by atoms with Crippen molar-refractivity contribution in [2.45, 2.75) is 38.0 Å². The number of aromatic nitrogens is 1. The first-order chi connectivity index (χ1) is 13.7. The van der Waals surface area contributed by atoms with E-state index >= 15 is 0 Å². The molecule has 158 valence electrons. The van der Waals surface area contributed by atoms with Crippen LogP contribution in [0, 0.1) is 12.8 Å². The molecule has 0 bridgehead atoms. The third-order valence-electron chi connectivity index (χ3n) is 5.69. The van der Waals surface area contributed by atoms with Crippen LogP contribution in [0.15, 0.2) is 35.2 Å². The van der Waals surface area contributed by atoms with E-state index in [4.69, 9.17) is 11.6 Å². The average Bonchev–Trinajstić information content (AvgIpc) is 2.99. The quantitative estimate of drug-likeness (QED) is 0.753. The number of amides is 1. The lowest BCUT2D eigenvalue weighted by atomic mass is 10.0.